The second-order valence-electron chi connectivity index (χ2n) is 8.43. The summed E-state index contributed by atoms with van der Waals surface area (Å²) in [4.78, 5) is 24.2. The molecule has 4 aliphatic rings. The fraction of sp³-hybridized carbons (Fsp3) is 0.933. The van der Waals surface area contributed by atoms with E-state index in [4.69, 9.17) is 0 Å². The molecule has 4 atom stereocenters. The molecule has 4 saturated carbocycles. The van der Waals surface area contributed by atoms with Crippen molar-refractivity contribution in [3.63, 3.8) is 0 Å². The lowest BCUT2D eigenvalue weighted by atomic mass is 9.46. The highest BCUT2D eigenvalue weighted by Crippen LogP contribution is 2.62. The average Bonchev–Trinajstić information content (AvgIpc) is 2.24. The molecule has 0 aromatic rings. The number of carbonyl (C=O) groups is 1. The van der Waals surface area contributed by atoms with E-state index in [0.717, 1.165) is 19.3 Å². The third-order valence-electron chi connectivity index (χ3n) is 5.39. The molecule has 5 heteroatoms. The molecular weight excluding hydrogens is 256 g/mol. The Hall–Kier alpha value is -1.13. The van der Waals surface area contributed by atoms with Gasteiger partial charge in [0, 0.05) is 29.7 Å². The molecule has 20 heavy (non-hydrogen) atoms. The molecule has 1 N–H and O–H groups in total. The molecule has 0 radical (unpaired) electrons. The Balaban J connectivity index is 1.91. The van der Waals surface area contributed by atoms with Gasteiger partial charge in [-0.15, -0.1) is 0 Å². The monoisotopic (exact) mass is 280 g/mol. The third kappa shape index (κ3) is 2.02. The van der Waals surface area contributed by atoms with E-state index in [1.807, 2.05) is 20.8 Å². The number of nitro groups is 1. The first-order valence-electron chi connectivity index (χ1n) is 7.61. The van der Waals surface area contributed by atoms with Crippen LogP contribution in [0.2, 0.25) is 0 Å². The molecule has 0 aromatic carbocycles. The van der Waals surface area contributed by atoms with Gasteiger partial charge in [0.05, 0.1) is 5.41 Å². The molecule has 0 aromatic heterocycles. The van der Waals surface area contributed by atoms with Crippen LogP contribution in [0.3, 0.4) is 0 Å². The lowest BCUT2D eigenvalue weighted by Gasteiger charge is -2.57. The fourth-order valence-corrected chi connectivity index (χ4v) is 5.17. The van der Waals surface area contributed by atoms with Gasteiger partial charge < -0.3 is 5.32 Å². The summed E-state index contributed by atoms with van der Waals surface area (Å²) in [6.45, 7) is 5.90. The van der Waals surface area contributed by atoms with Crippen molar-refractivity contribution >= 4 is 5.91 Å². The summed E-state index contributed by atoms with van der Waals surface area (Å²) in [6, 6.07) is 0. The molecule has 0 spiro atoms. The van der Waals surface area contributed by atoms with Crippen LogP contribution in [0.25, 0.3) is 0 Å². The largest absolute Gasteiger partial charge is 0.351 e. The van der Waals surface area contributed by atoms with Crippen LogP contribution in [0.5, 0.6) is 0 Å². The first kappa shape index (κ1) is 13.8. The lowest BCUT2D eigenvalue weighted by molar-refractivity contribution is -0.590. The SMILES string of the molecule is CC(C)(C)NC(=O)C12C[C@H]3C[C@@H](C1)CC([N+](=O)[O-])(C3)C2. The van der Waals surface area contributed by atoms with Gasteiger partial charge in [0.1, 0.15) is 0 Å². The summed E-state index contributed by atoms with van der Waals surface area (Å²) >= 11 is 0. The fourth-order valence-electron chi connectivity index (χ4n) is 5.17. The quantitative estimate of drug-likeness (QED) is 0.624. The predicted octanol–water partition coefficient (Wildman–Crippen LogP) is 2.52. The number of rotatable bonds is 2. The predicted molar refractivity (Wildman–Crippen MR) is 74.7 cm³/mol. The van der Waals surface area contributed by atoms with E-state index < -0.39 is 11.0 Å². The van der Waals surface area contributed by atoms with Crippen LogP contribution in [-0.2, 0) is 4.79 Å². The van der Waals surface area contributed by atoms with E-state index in [-0.39, 0.29) is 16.4 Å². The van der Waals surface area contributed by atoms with E-state index in [1.54, 1.807) is 0 Å². The first-order valence-corrected chi connectivity index (χ1v) is 7.61. The maximum absolute atomic E-state index is 12.7. The Kier molecular flexibility index (Phi) is 2.73. The summed E-state index contributed by atoms with van der Waals surface area (Å²) in [6.07, 6.45) is 4.59. The van der Waals surface area contributed by atoms with Gasteiger partial charge in [0.15, 0.2) is 0 Å². The van der Waals surface area contributed by atoms with Gasteiger partial charge in [-0.25, -0.2) is 0 Å². The van der Waals surface area contributed by atoms with E-state index in [2.05, 4.69) is 5.32 Å². The minimum Gasteiger partial charge on any atom is -0.351 e. The highest BCUT2D eigenvalue weighted by atomic mass is 16.6. The molecule has 4 aliphatic carbocycles. The summed E-state index contributed by atoms with van der Waals surface area (Å²) in [5.41, 5.74) is -1.58. The van der Waals surface area contributed by atoms with Crippen molar-refractivity contribution in [2.24, 2.45) is 17.3 Å². The van der Waals surface area contributed by atoms with Crippen LogP contribution in [0.1, 0.15) is 59.3 Å². The van der Waals surface area contributed by atoms with E-state index in [1.165, 1.54) is 0 Å². The summed E-state index contributed by atoms with van der Waals surface area (Å²) in [5.74, 6) is 0.782. The maximum Gasteiger partial charge on any atom is 0.226 e. The lowest BCUT2D eigenvalue weighted by Crippen LogP contribution is -2.64. The number of nitrogens with one attached hydrogen (secondary N) is 1. The Morgan fingerprint density at radius 2 is 1.75 bits per heavy atom. The normalized spacial score (nSPS) is 42.5. The molecule has 0 saturated heterocycles. The minimum atomic E-state index is -0.820. The minimum absolute atomic E-state index is 0.0466. The van der Waals surface area contributed by atoms with Crippen molar-refractivity contribution in [1.29, 1.82) is 0 Å². The van der Waals surface area contributed by atoms with Crippen molar-refractivity contribution in [1.82, 2.24) is 5.32 Å². The smallest absolute Gasteiger partial charge is 0.226 e. The highest BCUT2D eigenvalue weighted by molar-refractivity contribution is 5.84. The third-order valence-corrected chi connectivity index (χ3v) is 5.39. The molecule has 0 aliphatic heterocycles. The zero-order valence-corrected chi connectivity index (χ0v) is 12.6. The van der Waals surface area contributed by atoms with Crippen LogP contribution < -0.4 is 5.32 Å². The molecule has 4 rings (SSSR count). The van der Waals surface area contributed by atoms with Crippen LogP contribution in [0, 0.1) is 27.4 Å². The molecule has 1 amide bonds. The summed E-state index contributed by atoms with van der Waals surface area (Å²) in [5, 5.41) is 14.6. The zero-order chi connectivity index (χ0) is 14.8. The van der Waals surface area contributed by atoms with Crippen LogP contribution >= 0.6 is 0 Å². The zero-order valence-electron chi connectivity index (χ0n) is 12.6. The Morgan fingerprint density at radius 1 is 1.20 bits per heavy atom. The van der Waals surface area contributed by atoms with Crippen molar-refractivity contribution in [3.05, 3.63) is 10.1 Å². The van der Waals surface area contributed by atoms with Gasteiger partial charge in [-0.05, 0) is 51.9 Å². The van der Waals surface area contributed by atoms with Gasteiger partial charge in [0.25, 0.3) is 0 Å². The molecular formula is C15H24N2O3. The summed E-state index contributed by atoms with van der Waals surface area (Å²) in [7, 11) is 0. The number of carbonyl (C=O) groups excluding carboxylic acids is 1. The van der Waals surface area contributed by atoms with Crippen LogP contribution in [0.15, 0.2) is 0 Å². The Bertz CT molecular complexity index is 452. The number of nitrogens with zero attached hydrogens (tertiary/aromatic N) is 1. The highest BCUT2D eigenvalue weighted by Gasteiger charge is 2.66. The molecule has 4 bridgehead atoms. The summed E-state index contributed by atoms with van der Waals surface area (Å²) < 4.78 is 0. The van der Waals surface area contributed by atoms with E-state index in [0.29, 0.717) is 31.1 Å². The van der Waals surface area contributed by atoms with Crippen LogP contribution in [0.4, 0.5) is 0 Å². The van der Waals surface area contributed by atoms with Gasteiger partial charge in [-0.1, -0.05) is 0 Å². The van der Waals surface area contributed by atoms with Gasteiger partial charge in [0.2, 0.25) is 11.4 Å². The van der Waals surface area contributed by atoms with Gasteiger partial charge >= 0.3 is 0 Å². The second-order valence-corrected chi connectivity index (χ2v) is 8.43. The average molecular weight is 280 g/mol. The Morgan fingerprint density at radius 3 is 2.20 bits per heavy atom. The maximum atomic E-state index is 12.7. The van der Waals surface area contributed by atoms with Crippen molar-refractivity contribution in [3.8, 4) is 0 Å². The molecule has 2 unspecified atom stereocenters. The van der Waals surface area contributed by atoms with Crippen molar-refractivity contribution < 1.29 is 9.72 Å². The first-order chi connectivity index (χ1) is 9.14. The van der Waals surface area contributed by atoms with Gasteiger partial charge in [-0.2, -0.15) is 0 Å². The van der Waals surface area contributed by atoms with E-state index >= 15 is 0 Å². The van der Waals surface area contributed by atoms with Gasteiger partial charge in [-0.3, -0.25) is 14.9 Å². The van der Waals surface area contributed by atoms with Crippen molar-refractivity contribution in [2.75, 3.05) is 0 Å². The number of hydrogen-bond donors (Lipinski definition) is 1. The van der Waals surface area contributed by atoms with Crippen LogP contribution in [-0.4, -0.2) is 21.9 Å². The van der Waals surface area contributed by atoms with Crippen molar-refractivity contribution in [2.45, 2.75) is 70.4 Å². The van der Waals surface area contributed by atoms with E-state index in [9.17, 15) is 14.9 Å². The number of hydrogen-bond acceptors (Lipinski definition) is 3. The molecule has 112 valence electrons. The molecule has 5 nitrogen and oxygen atoms in total. The number of amides is 1. The Labute approximate surface area is 119 Å². The standard InChI is InChI=1S/C15H24N2O3/c1-13(2,3)16-12(18)14-5-10-4-11(6-14)8-15(7-10,9-14)17(19)20/h10-11H,4-9H2,1-3H3,(H,16,18)/t10-,11+,14?,15?. The topological polar surface area (TPSA) is 72.2 Å². The molecule has 0 heterocycles. The molecule has 4 fully saturated rings. The second kappa shape index (κ2) is 3.95.